The molecule has 0 aliphatic rings. The van der Waals surface area contributed by atoms with Crippen LogP contribution in [0.1, 0.15) is 37.5 Å². The molecule has 3 aromatic carbocycles. The van der Waals surface area contributed by atoms with E-state index in [1.165, 1.54) is 24.4 Å². The molecule has 158 valence electrons. The number of hydrogen-bond acceptors (Lipinski definition) is 6. The molecule has 0 aliphatic carbocycles. The Balaban J connectivity index is 1.93. The monoisotopic (exact) mass is 417 g/mol. The second kappa shape index (κ2) is 8.79. The highest BCUT2D eigenvalue weighted by molar-refractivity contribution is 5.90. The zero-order valence-electron chi connectivity index (χ0n) is 17.5. The van der Waals surface area contributed by atoms with Crippen molar-refractivity contribution in [3.05, 3.63) is 87.5 Å². The van der Waals surface area contributed by atoms with Crippen LogP contribution in [-0.2, 0) is 5.41 Å². The summed E-state index contributed by atoms with van der Waals surface area (Å²) < 4.78 is 0. The number of nitrogens with zero attached hydrogens (tertiary/aromatic N) is 3. The molecule has 7 heteroatoms. The first kappa shape index (κ1) is 21.7. The molecule has 3 aromatic rings. The molecule has 0 saturated carbocycles. The van der Waals surface area contributed by atoms with E-state index < -0.39 is 10.7 Å². The number of nitro groups is 1. The fourth-order valence-electron chi connectivity index (χ4n) is 3.03. The normalized spacial score (nSPS) is 12.0. The van der Waals surface area contributed by atoms with Crippen molar-refractivity contribution in [3.63, 3.8) is 0 Å². The maximum Gasteiger partial charge on any atom is 0.311 e. The van der Waals surface area contributed by atoms with Gasteiger partial charge < -0.3 is 10.2 Å². The Bertz CT molecular complexity index is 1180. The molecule has 0 aliphatic heterocycles. The Kier molecular flexibility index (Phi) is 6.15. The number of hydrogen-bond donors (Lipinski definition) is 2. The van der Waals surface area contributed by atoms with E-state index in [2.05, 4.69) is 9.98 Å². The van der Waals surface area contributed by atoms with Crippen molar-refractivity contribution in [2.24, 2.45) is 9.98 Å². The third-order valence-corrected chi connectivity index (χ3v) is 4.69. The topological polar surface area (TPSA) is 108 Å². The van der Waals surface area contributed by atoms with Gasteiger partial charge in [-0.05, 0) is 35.2 Å². The van der Waals surface area contributed by atoms with E-state index in [1.807, 2.05) is 39.0 Å². The third-order valence-electron chi connectivity index (χ3n) is 4.69. The Morgan fingerprint density at radius 3 is 1.84 bits per heavy atom. The molecule has 0 spiro atoms. The standard InChI is InChI=1S/C24H23N3O4/c1-24(2,3)18-10-6-8-16(22(18)28)14-25-19-11-4-5-12-20(19)26-15-17-9-7-13-21(23(17)29)27(30)31/h4-15,28-29H,1-3H3. The first-order chi connectivity index (χ1) is 14.7. The van der Waals surface area contributed by atoms with Gasteiger partial charge in [-0.2, -0.15) is 0 Å². The molecule has 0 amide bonds. The molecule has 7 nitrogen and oxygen atoms in total. The van der Waals surface area contributed by atoms with E-state index in [0.717, 1.165) is 5.56 Å². The molecular weight excluding hydrogens is 394 g/mol. The summed E-state index contributed by atoms with van der Waals surface area (Å²) in [5.74, 6) is -0.262. The van der Waals surface area contributed by atoms with Crippen molar-refractivity contribution in [2.45, 2.75) is 26.2 Å². The number of aromatic hydroxyl groups is 2. The zero-order valence-corrected chi connectivity index (χ0v) is 17.5. The van der Waals surface area contributed by atoms with Crippen LogP contribution in [0.2, 0.25) is 0 Å². The second-order valence-electron chi connectivity index (χ2n) is 7.97. The lowest BCUT2D eigenvalue weighted by Crippen LogP contribution is -2.11. The van der Waals surface area contributed by atoms with E-state index in [4.69, 9.17) is 0 Å². The molecule has 0 aromatic heterocycles. The maximum atomic E-state index is 11.0. The minimum Gasteiger partial charge on any atom is -0.507 e. The summed E-state index contributed by atoms with van der Waals surface area (Å²) in [7, 11) is 0. The van der Waals surface area contributed by atoms with Crippen LogP contribution in [-0.4, -0.2) is 27.6 Å². The highest BCUT2D eigenvalue weighted by atomic mass is 16.6. The fourth-order valence-corrected chi connectivity index (χ4v) is 3.03. The van der Waals surface area contributed by atoms with Crippen molar-refractivity contribution in [1.82, 2.24) is 0 Å². The molecule has 0 saturated heterocycles. The zero-order chi connectivity index (χ0) is 22.6. The van der Waals surface area contributed by atoms with Crippen LogP contribution in [0.15, 0.2) is 70.6 Å². The Morgan fingerprint density at radius 2 is 1.32 bits per heavy atom. The fraction of sp³-hybridized carbons (Fsp3) is 0.167. The lowest BCUT2D eigenvalue weighted by atomic mass is 9.85. The minimum atomic E-state index is -0.650. The number of aliphatic imine (C=N–C) groups is 2. The quantitative estimate of drug-likeness (QED) is 0.310. The molecule has 0 radical (unpaired) electrons. The van der Waals surface area contributed by atoms with Crippen LogP contribution in [0.5, 0.6) is 11.5 Å². The number of phenolic OH excluding ortho intramolecular Hbond substituents is 2. The third kappa shape index (κ3) is 4.95. The average molecular weight is 417 g/mol. The first-order valence-electron chi connectivity index (χ1n) is 9.64. The Morgan fingerprint density at radius 1 is 0.806 bits per heavy atom. The second-order valence-corrected chi connectivity index (χ2v) is 7.97. The van der Waals surface area contributed by atoms with Crippen LogP contribution in [0.4, 0.5) is 17.1 Å². The minimum absolute atomic E-state index is 0.182. The van der Waals surface area contributed by atoms with Crippen LogP contribution in [0, 0.1) is 10.1 Å². The van der Waals surface area contributed by atoms with Crippen molar-refractivity contribution >= 4 is 29.5 Å². The average Bonchev–Trinajstić information content (AvgIpc) is 2.72. The van der Waals surface area contributed by atoms with Gasteiger partial charge in [0.15, 0.2) is 0 Å². The van der Waals surface area contributed by atoms with Crippen molar-refractivity contribution in [2.75, 3.05) is 0 Å². The number of phenols is 2. The van der Waals surface area contributed by atoms with Gasteiger partial charge in [-0.1, -0.05) is 51.1 Å². The number of para-hydroxylation sites is 4. The summed E-state index contributed by atoms with van der Waals surface area (Å²) in [6.07, 6.45) is 2.93. The number of benzene rings is 3. The van der Waals surface area contributed by atoms with Gasteiger partial charge in [0.2, 0.25) is 5.75 Å². The molecule has 0 bridgehead atoms. The molecule has 31 heavy (non-hydrogen) atoms. The highest BCUT2D eigenvalue weighted by Gasteiger charge is 2.19. The van der Waals surface area contributed by atoms with Gasteiger partial charge >= 0.3 is 5.69 Å². The summed E-state index contributed by atoms with van der Waals surface area (Å²) in [6.45, 7) is 6.07. The predicted octanol–water partition coefficient (Wildman–Crippen LogP) is 5.80. The molecule has 2 N–H and O–H groups in total. The van der Waals surface area contributed by atoms with E-state index in [9.17, 15) is 20.3 Å². The molecular formula is C24H23N3O4. The molecule has 0 unspecified atom stereocenters. The molecule has 0 heterocycles. The Hall–Kier alpha value is -4.00. The van der Waals surface area contributed by atoms with E-state index >= 15 is 0 Å². The lowest BCUT2D eigenvalue weighted by molar-refractivity contribution is -0.385. The number of rotatable bonds is 5. The van der Waals surface area contributed by atoms with Crippen molar-refractivity contribution < 1.29 is 15.1 Å². The first-order valence-corrected chi connectivity index (χ1v) is 9.64. The summed E-state index contributed by atoms with van der Waals surface area (Å²) in [4.78, 5) is 19.2. The van der Waals surface area contributed by atoms with Gasteiger partial charge in [-0.15, -0.1) is 0 Å². The smallest absolute Gasteiger partial charge is 0.311 e. The van der Waals surface area contributed by atoms with Gasteiger partial charge in [0.1, 0.15) is 5.75 Å². The SMILES string of the molecule is CC(C)(C)c1cccc(C=Nc2ccccc2N=Cc2cccc([N+](=O)[O-])c2O)c1O. The summed E-state index contributed by atoms with van der Waals surface area (Å²) >= 11 is 0. The lowest BCUT2D eigenvalue weighted by Gasteiger charge is -2.21. The summed E-state index contributed by atoms with van der Waals surface area (Å²) in [5, 5.41) is 31.7. The maximum absolute atomic E-state index is 11.0. The van der Waals surface area contributed by atoms with E-state index in [-0.39, 0.29) is 22.4 Å². The Labute approximate surface area is 180 Å². The predicted molar refractivity (Wildman–Crippen MR) is 123 cm³/mol. The molecule has 0 fully saturated rings. The summed E-state index contributed by atoms with van der Waals surface area (Å²) in [5.41, 5.74) is 2.09. The molecule has 0 atom stereocenters. The highest BCUT2D eigenvalue weighted by Crippen LogP contribution is 2.34. The van der Waals surface area contributed by atoms with Gasteiger partial charge in [-0.25, -0.2) is 0 Å². The van der Waals surface area contributed by atoms with E-state index in [0.29, 0.717) is 16.9 Å². The van der Waals surface area contributed by atoms with E-state index in [1.54, 1.807) is 30.5 Å². The van der Waals surface area contributed by atoms with Crippen LogP contribution in [0.25, 0.3) is 0 Å². The van der Waals surface area contributed by atoms with Gasteiger partial charge in [0.05, 0.1) is 16.3 Å². The van der Waals surface area contributed by atoms with Gasteiger partial charge in [0, 0.05) is 29.6 Å². The van der Waals surface area contributed by atoms with Gasteiger partial charge in [-0.3, -0.25) is 20.1 Å². The van der Waals surface area contributed by atoms with Crippen molar-refractivity contribution in [3.8, 4) is 11.5 Å². The number of nitro benzene ring substituents is 1. The van der Waals surface area contributed by atoms with Gasteiger partial charge in [0.25, 0.3) is 0 Å². The van der Waals surface area contributed by atoms with Crippen LogP contribution < -0.4 is 0 Å². The van der Waals surface area contributed by atoms with Crippen molar-refractivity contribution in [1.29, 1.82) is 0 Å². The molecule has 3 rings (SSSR count). The van der Waals surface area contributed by atoms with Crippen LogP contribution >= 0.6 is 0 Å². The summed E-state index contributed by atoms with van der Waals surface area (Å²) in [6, 6.07) is 16.9. The van der Waals surface area contributed by atoms with Crippen LogP contribution in [0.3, 0.4) is 0 Å². The largest absolute Gasteiger partial charge is 0.507 e.